The summed E-state index contributed by atoms with van der Waals surface area (Å²) >= 11 is 5.95. The van der Waals surface area contributed by atoms with Crippen molar-refractivity contribution in [3.8, 4) is 5.75 Å². The molecule has 1 aliphatic rings. The number of fused-ring (bicyclic) bond motifs is 1. The van der Waals surface area contributed by atoms with Gasteiger partial charge in [-0.15, -0.1) is 0 Å². The first-order valence-electron chi connectivity index (χ1n) is 7.46. The zero-order chi connectivity index (χ0) is 18.0. The van der Waals surface area contributed by atoms with Crippen LogP contribution in [0.25, 0.3) is 0 Å². The lowest BCUT2D eigenvalue weighted by atomic mass is 10.2. The highest BCUT2D eigenvalue weighted by Crippen LogP contribution is 2.37. The molecule has 0 aliphatic carbocycles. The molecule has 1 aromatic carbocycles. The molecule has 132 valence electrons. The number of aromatic nitrogens is 1. The lowest BCUT2D eigenvalue weighted by Crippen LogP contribution is -2.50. The number of pyridine rings is 1. The second-order valence-corrected chi connectivity index (χ2v) is 7.89. The molecule has 0 spiro atoms. The molecule has 1 N–H and O–H groups in total. The maximum Gasteiger partial charge on any atom is 0.263 e. The van der Waals surface area contributed by atoms with Gasteiger partial charge in [0.25, 0.3) is 5.91 Å². The van der Waals surface area contributed by atoms with Crippen molar-refractivity contribution in [1.29, 1.82) is 0 Å². The van der Waals surface area contributed by atoms with Gasteiger partial charge in [-0.05, 0) is 30.3 Å². The Hall–Kier alpha value is -2.32. The van der Waals surface area contributed by atoms with Crippen LogP contribution in [0.3, 0.4) is 0 Å². The minimum Gasteiger partial charge on any atom is -0.476 e. The number of rotatable bonds is 4. The second kappa shape index (κ2) is 6.89. The number of ether oxygens (including phenoxy) is 1. The molecule has 0 saturated carbocycles. The molecule has 3 rings (SSSR count). The Labute approximate surface area is 150 Å². The van der Waals surface area contributed by atoms with Crippen molar-refractivity contribution in [1.82, 2.24) is 10.3 Å². The van der Waals surface area contributed by atoms with E-state index in [0.717, 1.165) is 10.6 Å². The average molecular weight is 382 g/mol. The van der Waals surface area contributed by atoms with Crippen LogP contribution in [0.4, 0.5) is 5.69 Å². The summed E-state index contributed by atoms with van der Waals surface area (Å²) in [7, 11) is -3.59. The van der Waals surface area contributed by atoms with Crippen molar-refractivity contribution in [2.75, 3.05) is 17.1 Å². The molecule has 0 fully saturated rings. The summed E-state index contributed by atoms with van der Waals surface area (Å²) in [6, 6.07) is 10.0. The Morgan fingerprint density at radius 1 is 1.40 bits per heavy atom. The molecule has 1 aliphatic heterocycles. The maximum atomic E-state index is 12.4. The first-order valence-corrected chi connectivity index (χ1v) is 9.69. The molecular weight excluding hydrogens is 366 g/mol. The Balaban J connectivity index is 1.79. The average Bonchev–Trinajstić information content (AvgIpc) is 2.58. The van der Waals surface area contributed by atoms with E-state index in [2.05, 4.69) is 10.3 Å². The van der Waals surface area contributed by atoms with E-state index in [9.17, 15) is 13.2 Å². The van der Waals surface area contributed by atoms with Crippen molar-refractivity contribution in [3.05, 3.63) is 53.3 Å². The maximum absolute atomic E-state index is 12.4. The standard InChI is InChI=1S/C16H16ClN3O4S/c1-25(22,23)20-10-15(24-14-6-5-11(17)8-13(14)20)16(21)19-9-12-4-2-3-7-18-12/h2-8,15H,9-10H2,1H3,(H,19,21)/t15-/m1/s1. The highest BCUT2D eigenvalue weighted by molar-refractivity contribution is 7.92. The van der Waals surface area contributed by atoms with Crippen LogP contribution in [0, 0.1) is 0 Å². The molecular formula is C16H16ClN3O4S. The van der Waals surface area contributed by atoms with Crippen molar-refractivity contribution in [2.24, 2.45) is 0 Å². The molecule has 1 amide bonds. The van der Waals surface area contributed by atoms with Crippen LogP contribution in [0.1, 0.15) is 5.69 Å². The highest BCUT2D eigenvalue weighted by Gasteiger charge is 2.35. The lowest BCUT2D eigenvalue weighted by Gasteiger charge is -2.34. The zero-order valence-corrected chi connectivity index (χ0v) is 14.9. The van der Waals surface area contributed by atoms with Gasteiger partial charge < -0.3 is 10.1 Å². The largest absolute Gasteiger partial charge is 0.476 e. The van der Waals surface area contributed by atoms with Crippen LogP contribution in [0.15, 0.2) is 42.6 Å². The minimum absolute atomic E-state index is 0.125. The molecule has 9 heteroatoms. The fourth-order valence-electron chi connectivity index (χ4n) is 2.47. The van der Waals surface area contributed by atoms with E-state index >= 15 is 0 Å². The van der Waals surface area contributed by atoms with Crippen LogP contribution >= 0.6 is 11.6 Å². The number of hydrogen-bond donors (Lipinski definition) is 1. The van der Waals surface area contributed by atoms with Crippen molar-refractivity contribution in [2.45, 2.75) is 12.6 Å². The summed E-state index contributed by atoms with van der Waals surface area (Å²) in [5.74, 6) is -0.126. The smallest absolute Gasteiger partial charge is 0.263 e. The highest BCUT2D eigenvalue weighted by atomic mass is 35.5. The number of benzene rings is 1. The summed E-state index contributed by atoms with van der Waals surface area (Å²) in [6.45, 7) is 0.103. The van der Waals surface area contributed by atoms with Crippen LogP contribution < -0.4 is 14.4 Å². The van der Waals surface area contributed by atoms with Gasteiger partial charge in [-0.2, -0.15) is 0 Å². The predicted octanol–water partition coefficient (Wildman–Crippen LogP) is 1.58. The van der Waals surface area contributed by atoms with E-state index < -0.39 is 22.0 Å². The van der Waals surface area contributed by atoms with Crippen molar-refractivity contribution >= 4 is 33.2 Å². The molecule has 2 heterocycles. The van der Waals surface area contributed by atoms with Crippen LogP contribution in [0.5, 0.6) is 5.75 Å². The first kappa shape index (κ1) is 17.5. The quantitative estimate of drug-likeness (QED) is 0.868. The Bertz CT molecular complexity index is 890. The molecule has 2 aromatic rings. The number of nitrogens with one attached hydrogen (secondary N) is 1. The van der Waals surface area contributed by atoms with Gasteiger partial charge in [-0.1, -0.05) is 17.7 Å². The number of anilines is 1. The normalized spacial score (nSPS) is 16.7. The van der Waals surface area contributed by atoms with E-state index in [1.54, 1.807) is 30.5 Å². The van der Waals surface area contributed by atoms with Gasteiger partial charge in [-0.3, -0.25) is 14.1 Å². The van der Waals surface area contributed by atoms with Crippen LogP contribution in [-0.2, 0) is 21.4 Å². The molecule has 0 saturated heterocycles. The third-order valence-corrected chi connectivity index (χ3v) is 5.03. The van der Waals surface area contributed by atoms with E-state index in [1.807, 2.05) is 6.07 Å². The van der Waals surface area contributed by atoms with Crippen molar-refractivity contribution in [3.63, 3.8) is 0 Å². The molecule has 0 radical (unpaired) electrons. The fraction of sp³-hybridized carbons (Fsp3) is 0.250. The van der Waals surface area contributed by atoms with E-state index in [0.29, 0.717) is 22.2 Å². The molecule has 7 nitrogen and oxygen atoms in total. The first-order chi connectivity index (χ1) is 11.8. The number of carbonyl (C=O) groups excluding carboxylic acids is 1. The Morgan fingerprint density at radius 3 is 2.88 bits per heavy atom. The SMILES string of the molecule is CS(=O)(=O)N1C[C@H](C(=O)NCc2ccccn2)Oc2ccc(Cl)cc21. The molecule has 0 bridgehead atoms. The van der Waals surface area contributed by atoms with Gasteiger partial charge in [0.1, 0.15) is 5.75 Å². The Morgan fingerprint density at radius 2 is 2.20 bits per heavy atom. The van der Waals surface area contributed by atoms with Crippen LogP contribution in [0.2, 0.25) is 5.02 Å². The summed E-state index contributed by atoms with van der Waals surface area (Å²) in [5, 5.41) is 3.09. The molecule has 1 aromatic heterocycles. The second-order valence-electron chi connectivity index (χ2n) is 5.55. The van der Waals surface area contributed by atoms with Gasteiger partial charge in [0.05, 0.1) is 30.7 Å². The summed E-state index contributed by atoms with van der Waals surface area (Å²) < 4.78 is 31.0. The third kappa shape index (κ3) is 4.02. The van der Waals surface area contributed by atoms with Gasteiger partial charge >= 0.3 is 0 Å². The third-order valence-electron chi connectivity index (χ3n) is 3.65. The number of halogens is 1. The van der Waals surface area contributed by atoms with E-state index in [-0.39, 0.29) is 13.1 Å². The number of amides is 1. The fourth-order valence-corrected chi connectivity index (χ4v) is 3.54. The lowest BCUT2D eigenvalue weighted by molar-refractivity contribution is -0.127. The van der Waals surface area contributed by atoms with E-state index in [1.165, 1.54) is 6.07 Å². The summed E-state index contributed by atoms with van der Waals surface area (Å²) in [5.41, 5.74) is 1.02. The zero-order valence-electron chi connectivity index (χ0n) is 13.3. The van der Waals surface area contributed by atoms with Gasteiger partial charge in [0.15, 0.2) is 6.10 Å². The van der Waals surface area contributed by atoms with Crippen LogP contribution in [-0.4, -0.2) is 38.2 Å². The number of sulfonamides is 1. The predicted molar refractivity (Wildman–Crippen MR) is 94.1 cm³/mol. The number of carbonyl (C=O) groups is 1. The van der Waals surface area contributed by atoms with Gasteiger partial charge in [-0.25, -0.2) is 8.42 Å². The van der Waals surface area contributed by atoms with E-state index in [4.69, 9.17) is 16.3 Å². The Kier molecular flexibility index (Phi) is 4.82. The summed E-state index contributed by atoms with van der Waals surface area (Å²) in [4.78, 5) is 16.5. The topological polar surface area (TPSA) is 88.6 Å². The number of hydrogen-bond acceptors (Lipinski definition) is 5. The van der Waals surface area contributed by atoms with Crippen molar-refractivity contribution < 1.29 is 17.9 Å². The summed E-state index contributed by atoms with van der Waals surface area (Å²) in [6.07, 6.45) is 1.74. The molecule has 1 atom stereocenters. The molecule has 0 unspecified atom stereocenters. The monoisotopic (exact) mass is 381 g/mol. The number of nitrogens with zero attached hydrogens (tertiary/aromatic N) is 2. The van der Waals surface area contributed by atoms with Gasteiger partial charge in [0, 0.05) is 11.2 Å². The minimum atomic E-state index is -3.59. The molecule has 25 heavy (non-hydrogen) atoms. The van der Waals surface area contributed by atoms with Gasteiger partial charge in [0.2, 0.25) is 10.0 Å².